The van der Waals surface area contributed by atoms with E-state index in [1.807, 2.05) is 30.1 Å². The molecule has 0 radical (unpaired) electrons. The highest BCUT2D eigenvalue weighted by atomic mass is 16.2. The van der Waals surface area contributed by atoms with Crippen molar-refractivity contribution in [3.05, 3.63) is 35.9 Å². The van der Waals surface area contributed by atoms with Gasteiger partial charge in [0, 0.05) is 32.6 Å². The maximum absolute atomic E-state index is 11.9. The predicted molar refractivity (Wildman–Crippen MR) is 73.4 cm³/mol. The second kappa shape index (κ2) is 6.55. The first kappa shape index (κ1) is 13.1. The molecule has 3 nitrogen and oxygen atoms in total. The van der Waals surface area contributed by atoms with Crippen LogP contribution in [0.2, 0.25) is 0 Å². The van der Waals surface area contributed by atoms with Gasteiger partial charge in [-0.25, -0.2) is 0 Å². The molecule has 2 rings (SSSR count). The van der Waals surface area contributed by atoms with E-state index in [0.717, 1.165) is 19.5 Å². The van der Waals surface area contributed by atoms with Gasteiger partial charge in [0.2, 0.25) is 5.91 Å². The van der Waals surface area contributed by atoms with Crippen molar-refractivity contribution in [2.45, 2.75) is 31.7 Å². The zero-order valence-corrected chi connectivity index (χ0v) is 11.1. The standard InChI is InChI=1S/C15H22N2O/c1-17(12-10-13-5-3-2-4-6-13)15(18)9-11-16-14-7-8-14/h2-6,14,16H,7-12H2,1H3. The maximum atomic E-state index is 11.9. The largest absolute Gasteiger partial charge is 0.345 e. The molecule has 18 heavy (non-hydrogen) atoms. The van der Waals surface area contributed by atoms with Gasteiger partial charge in [-0.05, 0) is 24.8 Å². The lowest BCUT2D eigenvalue weighted by Crippen LogP contribution is -2.31. The molecule has 1 aliphatic carbocycles. The van der Waals surface area contributed by atoms with Crippen LogP contribution in [-0.2, 0) is 11.2 Å². The Balaban J connectivity index is 1.63. The Bertz CT molecular complexity index is 373. The van der Waals surface area contributed by atoms with Gasteiger partial charge in [-0.3, -0.25) is 4.79 Å². The fraction of sp³-hybridized carbons (Fsp3) is 0.533. The van der Waals surface area contributed by atoms with Crippen molar-refractivity contribution < 1.29 is 4.79 Å². The van der Waals surface area contributed by atoms with Crippen molar-refractivity contribution >= 4 is 5.91 Å². The number of carbonyl (C=O) groups excluding carboxylic acids is 1. The zero-order valence-electron chi connectivity index (χ0n) is 11.1. The molecule has 0 aliphatic heterocycles. The smallest absolute Gasteiger partial charge is 0.223 e. The van der Waals surface area contributed by atoms with Crippen LogP contribution in [0.25, 0.3) is 0 Å². The molecule has 1 aliphatic rings. The first-order valence-corrected chi connectivity index (χ1v) is 6.77. The lowest BCUT2D eigenvalue weighted by molar-refractivity contribution is -0.129. The van der Waals surface area contributed by atoms with Gasteiger partial charge < -0.3 is 10.2 Å². The zero-order chi connectivity index (χ0) is 12.8. The van der Waals surface area contributed by atoms with Crippen LogP contribution in [0.3, 0.4) is 0 Å². The predicted octanol–water partition coefficient (Wildman–Crippen LogP) is 1.83. The summed E-state index contributed by atoms with van der Waals surface area (Å²) >= 11 is 0. The van der Waals surface area contributed by atoms with Crippen LogP contribution in [0.15, 0.2) is 30.3 Å². The molecule has 1 N–H and O–H groups in total. The van der Waals surface area contributed by atoms with Gasteiger partial charge in [0.05, 0.1) is 0 Å². The van der Waals surface area contributed by atoms with Crippen LogP contribution in [0, 0.1) is 0 Å². The minimum Gasteiger partial charge on any atom is -0.345 e. The number of nitrogens with one attached hydrogen (secondary N) is 1. The van der Waals surface area contributed by atoms with Crippen LogP contribution in [-0.4, -0.2) is 37.0 Å². The lowest BCUT2D eigenvalue weighted by Gasteiger charge is -2.17. The SMILES string of the molecule is CN(CCc1ccccc1)C(=O)CCNC1CC1. The van der Waals surface area contributed by atoms with Crippen molar-refractivity contribution in [2.75, 3.05) is 20.1 Å². The normalized spacial score (nSPS) is 14.5. The molecule has 3 heteroatoms. The number of carbonyl (C=O) groups is 1. The Kier molecular flexibility index (Phi) is 4.76. The Morgan fingerprint density at radius 1 is 1.33 bits per heavy atom. The first-order valence-electron chi connectivity index (χ1n) is 6.77. The molecule has 1 aromatic carbocycles. The van der Waals surface area contributed by atoms with Crippen molar-refractivity contribution in [1.29, 1.82) is 0 Å². The van der Waals surface area contributed by atoms with Gasteiger partial charge in [0.1, 0.15) is 0 Å². The molecule has 0 saturated heterocycles. The molecular weight excluding hydrogens is 224 g/mol. The van der Waals surface area contributed by atoms with E-state index in [9.17, 15) is 4.79 Å². The van der Waals surface area contributed by atoms with Gasteiger partial charge in [-0.15, -0.1) is 0 Å². The number of hydrogen-bond donors (Lipinski definition) is 1. The molecule has 0 unspecified atom stereocenters. The second-order valence-corrected chi connectivity index (χ2v) is 5.03. The summed E-state index contributed by atoms with van der Waals surface area (Å²) in [5, 5.41) is 3.37. The molecule has 0 bridgehead atoms. The molecular formula is C15H22N2O. The van der Waals surface area contributed by atoms with E-state index >= 15 is 0 Å². The van der Waals surface area contributed by atoms with E-state index in [4.69, 9.17) is 0 Å². The number of amides is 1. The lowest BCUT2D eigenvalue weighted by atomic mass is 10.1. The Labute approximate surface area is 109 Å². The van der Waals surface area contributed by atoms with Crippen molar-refractivity contribution in [3.8, 4) is 0 Å². The summed E-state index contributed by atoms with van der Waals surface area (Å²) in [7, 11) is 1.89. The quantitative estimate of drug-likeness (QED) is 0.796. The monoisotopic (exact) mass is 246 g/mol. The van der Waals surface area contributed by atoms with E-state index in [1.165, 1.54) is 18.4 Å². The van der Waals surface area contributed by atoms with E-state index in [1.54, 1.807) is 0 Å². The van der Waals surface area contributed by atoms with Gasteiger partial charge in [0.15, 0.2) is 0 Å². The van der Waals surface area contributed by atoms with Gasteiger partial charge in [-0.1, -0.05) is 30.3 Å². The fourth-order valence-electron chi connectivity index (χ4n) is 1.93. The minimum absolute atomic E-state index is 0.235. The van der Waals surface area contributed by atoms with Crippen LogP contribution in [0.4, 0.5) is 0 Å². The Hall–Kier alpha value is -1.35. The summed E-state index contributed by atoms with van der Waals surface area (Å²) in [6, 6.07) is 11.0. The van der Waals surface area contributed by atoms with Crippen LogP contribution in [0.5, 0.6) is 0 Å². The van der Waals surface area contributed by atoms with Crippen molar-refractivity contribution in [3.63, 3.8) is 0 Å². The Morgan fingerprint density at radius 3 is 2.72 bits per heavy atom. The van der Waals surface area contributed by atoms with Gasteiger partial charge in [0.25, 0.3) is 0 Å². The second-order valence-electron chi connectivity index (χ2n) is 5.03. The molecule has 1 fully saturated rings. The van der Waals surface area contributed by atoms with E-state index in [0.29, 0.717) is 12.5 Å². The molecule has 0 atom stereocenters. The third-order valence-corrected chi connectivity index (χ3v) is 3.35. The molecule has 1 aromatic rings. The minimum atomic E-state index is 0.235. The van der Waals surface area contributed by atoms with Gasteiger partial charge >= 0.3 is 0 Å². The Morgan fingerprint density at radius 2 is 2.06 bits per heavy atom. The first-order chi connectivity index (χ1) is 8.75. The summed E-state index contributed by atoms with van der Waals surface area (Å²) in [5.41, 5.74) is 1.29. The average molecular weight is 246 g/mol. The molecule has 1 amide bonds. The number of likely N-dealkylation sites (N-methyl/N-ethyl adjacent to an activating group) is 1. The number of nitrogens with zero attached hydrogens (tertiary/aromatic N) is 1. The van der Waals surface area contributed by atoms with Crippen LogP contribution in [0.1, 0.15) is 24.8 Å². The number of benzene rings is 1. The van der Waals surface area contributed by atoms with E-state index in [-0.39, 0.29) is 5.91 Å². The third kappa shape index (κ3) is 4.49. The summed E-state index contributed by atoms with van der Waals surface area (Å²) in [6.07, 6.45) is 4.09. The van der Waals surface area contributed by atoms with Crippen LogP contribution >= 0.6 is 0 Å². The summed E-state index contributed by atoms with van der Waals surface area (Å²) in [6.45, 7) is 1.62. The fourth-order valence-corrected chi connectivity index (χ4v) is 1.93. The summed E-state index contributed by atoms with van der Waals surface area (Å²) in [5.74, 6) is 0.235. The van der Waals surface area contributed by atoms with E-state index in [2.05, 4.69) is 17.4 Å². The third-order valence-electron chi connectivity index (χ3n) is 3.35. The van der Waals surface area contributed by atoms with Crippen LogP contribution < -0.4 is 5.32 Å². The van der Waals surface area contributed by atoms with Crippen molar-refractivity contribution in [1.82, 2.24) is 10.2 Å². The molecule has 0 spiro atoms. The topological polar surface area (TPSA) is 32.3 Å². The molecule has 0 heterocycles. The summed E-state index contributed by atoms with van der Waals surface area (Å²) < 4.78 is 0. The number of hydrogen-bond acceptors (Lipinski definition) is 2. The summed E-state index contributed by atoms with van der Waals surface area (Å²) in [4.78, 5) is 13.7. The molecule has 98 valence electrons. The average Bonchev–Trinajstić information content (AvgIpc) is 3.21. The molecule has 0 aromatic heterocycles. The number of rotatable bonds is 7. The maximum Gasteiger partial charge on any atom is 0.223 e. The van der Waals surface area contributed by atoms with Crippen molar-refractivity contribution in [2.24, 2.45) is 0 Å². The highest BCUT2D eigenvalue weighted by Gasteiger charge is 2.20. The molecule has 1 saturated carbocycles. The highest BCUT2D eigenvalue weighted by molar-refractivity contribution is 5.76. The highest BCUT2D eigenvalue weighted by Crippen LogP contribution is 2.18. The van der Waals surface area contributed by atoms with Gasteiger partial charge in [-0.2, -0.15) is 0 Å². The van der Waals surface area contributed by atoms with E-state index < -0.39 is 0 Å².